The molecule has 0 bridgehead atoms. The van der Waals surface area contributed by atoms with Crippen LogP contribution in [-0.4, -0.2) is 50.3 Å². The third-order valence-corrected chi connectivity index (χ3v) is 12.0. The van der Waals surface area contributed by atoms with Crippen LogP contribution in [0.5, 0.6) is 0 Å². The van der Waals surface area contributed by atoms with Crippen LogP contribution in [0.1, 0.15) is 101 Å². The van der Waals surface area contributed by atoms with E-state index >= 15 is 0 Å². The summed E-state index contributed by atoms with van der Waals surface area (Å²) < 4.78 is 55.5. The van der Waals surface area contributed by atoms with Gasteiger partial charge in [-0.25, -0.2) is 8.42 Å². The van der Waals surface area contributed by atoms with Gasteiger partial charge in [-0.2, -0.15) is 0 Å². The van der Waals surface area contributed by atoms with Crippen LogP contribution >= 0.6 is 0 Å². The molecule has 0 N–H and O–H groups in total. The number of fused-ring (bicyclic) bond motifs is 1. The van der Waals surface area contributed by atoms with E-state index in [4.69, 9.17) is 15.6 Å². The molecular formula is C34H54O5S. The van der Waals surface area contributed by atoms with E-state index in [1.54, 1.807) is 24.3 Å². The molecular weight excluding hydrogens is 520 g/mol. The van der Waals surface area contributed by atoms with Crippen LogP contribution < -0.4 is 0 Å². The van der Waals surface area contributed by atoms with E-state index in [-0.39, 0.29) is 59.6 Å². The van der Waals surface area contributed by atoms with Crippen molar-refractivity contribution in [2.24, 2.45) is 23.7 Å². The van der Waals surface area contributed by atoms with Crippen LogP contribution in [0.3, 0.4) is 0 Å². The molecule has 5 nitrogen and oxygen atoms in total. The van der Waals surface area contributed by atoms with Gasteiger partial charge >= 0.3 is 0 Å². The van der Waals surface area contributed by atoms with E-state index < -0.39 is 16.2 Å². The van der Waals surface area contributed by atoms with E-state index in [0.29, 0.717) is 17.2 Å². The smallest absolute Gasteiger partial charge is 0.178 e. The standard InChI is InChI=1S/C34H54O5S/c1-8-23(3)19-32-27(7)30(22-40(35,36)29-13-11-10-12-14-29)31(38-32)17-15-24(4)25(5)20-28-16-18-33-34(9-2,39-28)21-26(6)37-33/h10-14,23,25-28,30-33H,4,8-9,15-22H2,1-3,5-7H3/t23-,25-,26+,27-,28-,30-,31?,32-,33+,34+/m1/s1/i15T/t15-,23+,25+,26-,27+,28+,30+,31?,32+,33-,34-/m0. The highest BCUT2D eigenvalue weighted by atomic mass is 32.2. The summed E-state index contributed by atoms with van der Waals surface area (Å²) in [4.78, 5) is 0.360. The fraction of sp³-hybridized carbons (Fsp3) is 0.765. The van der Waals surface area contributed by atoms with E-state index in [1.165, 1.54) is 0 Å². The largest absolute Gasteiger partial charge is 0.374 e. The summed E-state index contributed by atoms with van der Waals surface area (Å²) in [5, 5.41) is 0. The van der Waals surface area contributed by atoms with Crippen LogP contribution in [-0.2, 0) is 24.0 Å². The fourth-order valence-electron chi connectivity index (χ4n) is 7.25. The third kappa shape index (κ3) is 7.22. The molecule has 226 valence electrons. The van der Waals surface area contributed by atoms with Crippen molar-refractivity contribution in [1.29, 1.82) is 0 Å². The quantitative estimate of drug-likeness (QED) is 0.224. The highest BCUT2D eigenvalue weighted by Crippen LogP contribution is 2.45. The molecule has 0 aromatic heterocycles. The number of sulfone groups is 1. The molecule has 1 unspecified atom stereocenters. The van der Waals surface area contributed by atoms with Gasteiger partial charge < -0.3 is 14.2 Å². The molecule has 40 heavy (non-hydrogen) atoms. The minimum absolute atomic E-state index is 0.00801. The van der Waals surface area contributed by atoms with E-state index in [1.807, 2.05) is 6.07 Å². The highest BCUT2D eigenvalue weighted by Gasteiger charge is 2.51. The zero-order chi connectivity index (χ0) is 29.9. The first-order chi connectivity index (χ1) is 19.4. The van der Waals surface area contributed by atoms with E-state index in [0.717, 1.165) is 50.5 Å². The zero-order valence-electron chi connectivity index (χ0n) is 26.7. The Morgan fingerprint density at radius 3 is 2.50 bits per heavy atom. The van der Waals surface area contributed by atoms with Gasteiger partial charge in [0.05, 0.1) is 46.8 Å². The van der Waals surface area contributed by atoms with Crippen molar-refractivity contribution in [2.45, 2.75) is 140 Å². The Morgan fingerprint density at radius 1 is 1.10 bits per heavy atom. The second kappa shape index (κ2) is 13.4. The number of hydrogen-bond acceptors (Lipinski definition) is 5. The van der Waals surface area contributed by atoms with Crippen LogP contribution in [0.25, 0.3) is 0 Å². The summed E-state index contributed by atoms with van der Waals surface area (Å²) in [7, 11) is -3.47. The lowest BCUT2D eigenvalue weighted by Crippen LogP contribution is -2.48. The minimum Gasteiger partial charge on any atom is -0.374 e. The summed E-state index contributed by atoms with van der Waals surface area (Å²) in [6, 6.07) is 8.73. The first-order valence-corrected chi connectivity index (χ1v) is 17.4. The molecule has 3 heterocycles. The van der Waals surface area contributed by atoms with Gasteiger partial charge in [-0.1, -0.05) is 71.4 Å². The first-order valence-electron chi connectivity index (χ1n) is 16.3. The molecule has 1 aromatic rings. The van der Waals surface area contributed by atoms with Crippen LogP contribution in [0.4, 0.5) is 0 Å². The molecule has 0 radical (unpaired) electrons. The second-order valence-corrected chi connectivity index (χ2v) is 15.1. The van der Waals surface area contributed by atoms with Crippen molar-refractivity contribution in [1.82, 2.24) is 0 Å². The topological polar surface area (TPSA) is 61.8 Å². The Bertz CT molecular complexity index is 1110. The SMILES string of the molecule is [3H][C@@H](CC1O[C@H](C[C@H](C)CC)[C@H](C)[C@H]1CS(=O)(=O)c1ccccc1)C(=C)[C@H](C)C[C@H]1CC[C@@H]2O[C@@H](C)C[C@]2(CC)O1. The van der Waals surface area contributed by atoms with E-state index in [2.05, 4.69) is 48.1 Å². The molecule has 3 fully saturated rings. The molecule has 0 saturated carbocycles. The molecule has 3 aliphatic heterocycles. The predicted molar refractivity (Wildman–Crippen MR) is 162 cm³/mol. The Balaban J connectivity index is 1.42. The second-order valence-electron chi connectivity index (χ2n) is 13.1. The third-order valence-electron chi connectivity index (χ3n) is 10.2. The van der Waals surface area contributed by atoms with Gasteiger partial charge in [-0.15, -0.1) is 0 Å². The fourth-order valence-corrected chi connectivity index (χ4v) is 9.04. The van der Waals surface area contributed by atoms with Gasteiger partial charge in [0.1, 0.15) is 0 Å². The van der Waals surface area contributed by atoms with Gasteiger partial charge in [-0.05, 0) is 81.7 Å². The number of allylic oxidation sites excluding steroid dienone is 1. The average Bonchev–Trinajstić information content (AvgIpc) is 3.43. The molecule has 6 heteroatoms. The molecule has 3 saturated heterocycles. The molecule has 0 amide bonds. The molecule has 0 aliphatic carbocycles. The highest BCUT2D eigenvalue weighted by molar-refractivity contribution is 7.91. The van der Waals surface area contributed by atoms with Gasteiger partial charge in [-0.3, -0.25) is 0 Å². The Morgan fingerprint density at radius 2 is 1.82 bits per heavy atom. The number of hydrogen-bond donors (Lipinski definition) is 0. The summed E-state index contributed by atoms with van der Waals surface area (Å²) in [5.74, 6) is 0.636. The van der Waals surface area contributed by atoms with Crippen molar-refractivity contribution < 1.29 is 24.0 Å². The first kappa shape index (κ1) is 30.3. The number of rotatable bonds is 13. The monoisotopic (exact) mass is 576 g/mol. The Kier molecular flexibility index (Phi) is 10.1. The summed E-state index contributed by atoms with van der Waals surface area (Å²) in [6.07, 6.45) is 6.98. The molecule has 1 aromatic carbocycles. The van der Waals surface area contributed by atoms with Crippen LogP contribution in [0.2, 0.25) is 0 Å². The average molecular weight is 577 g/mol. The summed E-state index contributed by atoms with van der Waals surface area (Å²) in [5.41, 5.74) is 0.711. The minimum atomic E-state index is -3.47. The lowest BCUT2D eigenvalue weighted by molar-refractivity contribution is -0.170. The van der Waals surface area contributed by atoms with E-state index in [9.17, 15) is 8.42 Å². The van der Waals surface area contributed by atoms with Crippen LogP contribution in [0, 0.1) is 23.7 Å². The maximum atomic E-state index is 13.4. The van der Waals surface area contributed by atoms with Crippen molar-refractivity contribution >= 4 is 9.84 Å². The Labute approximate surface area is 245 Å². The molecule has 11 atom stereocenters. The molecule has 0 spiro atoms. The van der Waals surface area contributed by atoms with Crippen molar-refractivity contribution in [2.75, 3.05) is 5.75 Å². The zero-order valence-corrected chi connectivity index (χ0v) is 26.5. The number of benzene rings is 1. The maximum Gasteiger partial charge on any atom is 0.178 e. The molecule has 4 rings (SSSR count). The van der Waals surface area contributed by atoms with Gasteiger partial charge in [0, 0.05) is 13.7 Å². The Hall–Kier alpha value is -1.21. The van der Waals surface area contributed by atoms with Crippen molar-refractivity contribution in [3.8, 4) is 0 Å². The lowest BCUT2D eigenvalue weighted by Gasteiger charge is -2.42. The number of ether oxygens (including phenoxy) is 3. The van der Waals surface area contributed by atoms with Gasteiger partial charge in [0.15, 0.2) is 9.84 Å². The predicted octanol–water partition coefficient (Wildman–Crippen LogP) is 7.78. The van der Waals surface area contributed by atoms with Crippen molar-refractivity contribution in [3.63, 3.8) is 0 Å². The summed E-state index contributed by atoms with van der Waals surface area (Å²) in [6.45, 7) is 17.4. The van der Waals surface area contributed by atoms with Crippen LogP contribution in [0.15, 0.2) is 47.4 Å². The van der Waals surface area contributed by atoms with Gasteiger partial charge in [0.25, 0.3) is 0 Å². The lowest BCUT2D eigenvalue weighted by atomic mass is 9.81. The van der Waals surface area contributed by atoms with Gasteiger partial charge in [0.2, 0.25) is 0 Å². The maximum absolute atomic E-state index is 13.4. The molecule has 3 aliphatic rings. The normalized spacial score (nSPS) is 37.0. The summed E-state index contributed by atoms with van der Waals surface area (Å²) >= 11 is 0. The van der Waals surface area contributed by atoms with Crippen molar-refractivity contribution in [3.05, 3.63) is 42.5 Å².